The molecule has 0 bridgehead atoms. The zero-order valence-electron chi connectivity index (χ0n) is 19.2. The second-order valence-corrected chi connectivity index (χ2v) is 10.4. The van der Waals surface area contributed by atoms with E-state index in [0.29, 0.717) is 6.04 Å². The van der Waals surface area contributed by atoms with Crippen molar-refractivity contribution in [1.29, 1.82) is 0 Å². The van der Waals surface area contributed by atoms with Gasteiger partial charge >= 0.3 is 6.03 Å². The van der Waals surface area contributed by atoms with Crippen LogP contribution in [0, 0.1) is 12.8 Å². The van der Waals surface area contributed by atoms with Crippen LogP contribution in [0.1, 0.15) is 57.4 Å². The van der Waals surface area contributed by atoms with E-state index in [-0.39, 0.29) is 32.0 Å². The number of urea groups is 1. The maximum Gasteiger partial charge on any atom is 0.350 e. The molecule has 0 unspecified atom stereocenters. The van der Waals surface area contributed by atoms with Crippen LogP contribution in [0.2, 0.25) is 0 Å². The van der Waals surface area contributed by atoms with E-state index in [0.717, 1.165) is 48.9 Å². The molecule has 1 aromatic rings. The minimum atomic E-state index is -2.62. The molecule has 3 heterocycles. The minimum absolute atomic E-state index is 0.176. The lowest BCUT2D eigenvalue weighted by atomic mass is 9.78. The van der Waals surface area contributed by atoms with Crippen LogP contribution >= 0.6 is 0 Å². The lowest BCUT2D eigenvalue weighted by Crippen LogP contribution is -2.64. The fraction of sp³-hybridized carbons (Fsp3) is 0.680. The van der Waals surface area contributed by atoms with Crippen LogP contribution in [0.5, 0.6) is 0 Å². The Morgan fingerprint density at radius 2 is 1.88 bits per heavy atom. The standard InChI is InChI=1S/C25H34F2N4O/c1-18-5-3-8-21(15-18)31-23(32)28-22(29-13-10-25(26,27)11-14-29)24(31)9-12-30(19(2)16-24)17-20-6-4-7-20/h3,5,8,15,19-20H,4,6-7,9-14,16-17H2,1-2H3/t19-,24+/m0/s1. The largest absolute Gasteiger partial charge is 0.357 e. The quantitative estimate of drug-likeness (QED) is 0.652. The number of likely N-dealkylation sites (tertiary alicyclic amines) is 2. The Hall–Kier alpha value is -2.02. The first-order valence-electron chi connectivity index (χ1n) is 12.1. The van der Waals surface area contributed by atoms with Crippen LogP contribution in [-0.4, -0.2) is 65.3 Å². The average molecular weight is 445 g/mol. The summed E-state index contributed by atoms with van der Waals surface area (Å²) in [5, 5.41) is 0. The van der Waals surface area contributed by atoms with Crippen LogP contribution in [0.4, 0.5) is 19.3 Å². The average Bonchev–Trinajstić information content (AvgIpc) is 2.97. The third kappa shape index (κ3) is 3.82. The topological polar surface area (TPSA) is 39.2 Å². The summed E-state index contributed by atoms with van der Waals surface area (Å²) in [5.41, 5.74) is 1.38. The molecule has 1 spiro atoms. The van der Waals surface area contributed by atoms with Crippen molar-refractivity contribution >= 4 is 17.6 Å². The van der Waals surface area contributed by atoms with Gasteiger partial charge in [-0.15, -0.1) is 0 Å². The monoisotopic (exact) mass is 444 g/mol. The van der Waals surface area contributed by atoms with Gasteiger partial charge in [-0.1, -0.05) is 18.6 Å². The van der Waals surface area contributed by atoms with Gasteiger partial charge in [0.15, 0.2) is 0 Å². The number of hydrogen-bond donors (Lipinski definition) is 0. The predicted molar refractivity (Wildman–Crippen MR) is 123 cm³/mol. The maximum atomic E-state index is 13.9. The van der Waals surface area contributed by atoms with Gasteiger partial charge in [0.2, 0.25) is 0 Å². The van der Waals surface area contributed by atoms with E-state index in [1.807, 2.05) is 41.0 Å². The van der Waals surface area contributed by atoms with E-state index in [9.17, 15) is 13.6 Å². The number of aryl methyl sites for hydroxylation is 1. The molecule has 2 atom stereocenters. The molecule has 5 nitrogen and oxygen atoms in total. The number of rotatable bonds is 3. The van der Waals surface area contributed by atoms with Crippen molar-refractivity contribution < 1.29 is 13.6 Å². The zero-order valence-corrected chi connectivity index (χ0v) is 19.2. The number of anilines is 1. The summed E-state index contributed by atoms with van der Waals surface area (Å²) in [7, 11) is 0. The van der Waals surface area contributed by atoms with Crippen molar-refractivity contribution in [3.8, 4) is 0 Å². The number of aliphatic imine (C=N–C) groups is 1. The first-order chi connectivity index (χ1) is 15.3. The lowest BCUT2D eigenvalue weighted by Gasteiger charge is -2.51. The number of amides is 2. The number of benzene rings is 1. The van der Waals surface area contributed by atoms with Gasteiger partial charge in [-0.25, -0.2) is 13.6 Å². The molecule has 3 aliphatic heterocycles. The van der Waals surface area contributed by atoms with Crippen molar-refractivity contribution in [3.63, 3.8) is 0 Å². The molecule has 0 N–H and O–H groups in total. The molecule has 2 amide bonds. The highest BCUT2D eigenvalue weighted by Gasteiger charge is 2.55. The molecule has 0 radical (unpaired) electrons. The van der Waals surface area contributed by atoms with Crippen molar-refractivity contribution in [2.24, 2.45) is 10.9 Å². The van der Waals surface area contributed by atoms with E-state index in [1.54, 1.807) is 0 Å². The lowest BCUT2D eigenvalue weighted by molar-refractivity contribution is -0.0446. The Morgan fingerprint density at radius 3 is 2.50 bits per heavy atom. The molecular weight excluding hydrogens is 410 g/mol. The molecule has 5 rings (SSSR count). The highest BCUT2D eigenvalue weighted by molar-refractivity contribution is 6.16. The molecule has 32 heavy (non-hydrogen) atoms. The Bertz CT molecular complexity index is 905. The second-order valence-electron chi connectivity index (χ2n) is 10.4. The molecule has 7 heteroatoms. The molecular formula is C25H34F2N4O. The van der Waals surface area contributed by atoms with Gasteiger partial charge in [-0.3, -0.25) is 4.90 Å². The summed E-state index contributed by atoms with van der Waals surface area (Å²) < 4.78 is 27.8. The molecule has 174 valence electrons. The molecule has 0 aromatic heterocycles. The first kappa shape index (κ1) is 21.8. The number of alkyl halides is 2. The van der Waals surface area contributed by atoms with E-state index in [2.05, 4.69) is 16.8 Å². The van der Waals surface area contributed by atoms with E-state index < -0.39 is 11.5 Å². The smallest absolute Gasteiger partial charge is 0.350 e. The van der Waals surface area contributed by atoms with Gasteiger partial charge in [0.05, 0.1) is 0 Å². The molecule has 4 aliphatic rings. The van der Waals surface area contributed by atoms with Crippen molar-refractivity contribution in [2.45, 2.75) is 76.3 Å². The summed E-state index contributed by atoms with van der Waals surface area (Å²) in [4.78, 5) is 24.3. The fourth-order valence-electron chi connectivity index (χ4n) is 6.02. The second kappa shape index (κ2) is 8.08. The Morgan fingerprint density at radius 1 is 1.12 bits per heavy atom. The number of hydrogen-bond acceptors (Lipinski definition) is 3. The zero-order chi connectivity index (χ0) is 22.5. The third-order valence-electron chi connectivity index (χ3n) is 8.08. The Kier molecular flexibility index (Phi) is 5.51. The van der Waals surface area contributed by atoms with Crippen molar-refractivity contribution in [1.82, 2.24) is 9.80 Å². The van der Waals surface area contributed by atoms with Gasteiger partial charge in [-0.05, 0) is 63.1 Å². The first-order valence-corrected chi connectivity index (χ1v) is 12.1. The fourth-order valence-corrected chi connectivity index (χ4v) is 6.02. The Balaban J connectivity index is 1.46. The number of nitrogens with zero attached hydrogens (tertiary/aromatic N) is 4. The van der Waals surface area contributed by atoms with Crippen molar-refractivity contribution in [3.05, 3.63) is 29.8 Å². The predicted octanol–water partition coefficient (Wildman–Crippen LogP) is 5.09. The Labute approximate surface area is 189 Å². The van der Waals surface area contributed by atoms with Crippen LogP contribution in [0.3, 0.4) is 0 Å². The van der Waals surface area contributed by atoms with Crippen LogP contribution in [0.25, 0.3) is 0 Å². The van der Waals surface area contributed by atoms with Gasteiger partial charge in [0.25, 0.3) is 5.92 Å². The van der Waals surface area contributed by atoms with Crippen LogP contribution < -0.4 is 4.90 Å². The highest BCUT2D eigenvalue weighted by atomic mass is 19.3. The molecule has 3 fully saturated rings. The normalized spacial score (nSPS) is 31.2. The molecule has 1 saturated carbocycles. The minimum Gasteiger partial charge on any atom is -0.357 e. The maximum absolute atomic E-state index is 13.9. The molecule has 1 aromatic carbocycles. The summed E-state index contributed by atoms with van der Waals surface area (Å²) >= 11 is 0. The summed E-state index contributed by atoms with van der Waals surface area (Å²) in [6.07, 6.45) is 5.19. The van der Waals surface area contributed by atoms with Gasteiger partial charge in [0, 0.05) is 50.7 Å². The van der Waals surface area contributed by atoms with Gasteiger partial charge < -0.3 is 9.80 Å². The van der Waals surface area contributed by atoms with Crippen LogP contribution in [0.15, 0.2) is 29.3 Å². The number of piperidine rings is 2. The molecule has 2 saturated heterocycles. The van der Waals surface area contributed by atoms with Crippen molar-refractivity contribution in [2.75, 3.05) is 31.1 Å². The highest BCUT2D eigenvalue weighted by Crippen LogP contribution is 2.44. The van der Waals surface area contributed by atoms with Crippen LogP contribution in [-0.2, 0) is 0 Å². The number of carbonyl (C=O) groups excluding carboxylic acids is 1. The van der Waals surface area contributed by atoms with E-state index >= 15 is 0 Å². The SMILES string of the molecule is Cc1cccc(N2C(=O)N=C(N3CCC(F)(F)CC3)[C@]23CCN(CC2CCC2)[C@@H](C)C3)c1. The van der Waals surface area contributed by atoms with Gasteiger partial charge in [-0.2, -0.15) is 4.99 Å². The summed E-state index contributed by atoms with van der Waals surface area (Å²) in [6, 6.07) is 8.05. The van der Waals surface area contributed by atoms with E-state index in [1.165, 1.54) is 19.3 Å². The van der Waals surface area contributed by atoms with E-state index in [4.69, 9.17) is 0 Å². The number of carbonyl (C=O) groups is 1. The number of halogens is 2. The van der Waals surface area contributed by atoms with Gasteiger partial charge in [0.1, 0.15) is 11.4 Å². The number of amidine groups is 1. The molecule has 1 aliphatic carbocycles. The summed E-state index contributed by atoms with van der Waals surface area (Å²) in [5.74, 6) is -1.11. The third-order valence-corrected chi connectivity index (χ3v) is 8.08. The summed E-state index contributed by atoms with van der Waals surface area (Å²) in [6.45, 7) is 6.80.